The number of carbonyl (C=O) groups is 1. The predicted octanol–water partition coefficient (Wildman–Crippen LogP) is 3.46. The Labute approximate surface area is 183 Å². The van der Waals surface area contributed by atoms with Crippen LogP contribution in [-0.4, -0.2) is 51.2 Å². The molecule has 14 heteroatoms. The number of nitrogens with one attached hydrogen (secondary N) is 2. The van der Waals surface area contributed by atoms with Crippen LogP contribution >= 0.6 is 0 Å². The number of rotatable bonds is 5. The maximum absolute atomic E-state index is 12.9. The van der Waals surface area contributed by atoms with Gasteiger partial charge in [-0.3, -0.25) is 4.79 Å². The van der Waals surface area contributed by atoms with E-state index >= 15 is 0 Å². The van der Waals surface area contributed by atoms with Gasteiger partial charge in [-0.1, -0.05) is 0 Å². The van der Waals surface area contributed by atoms with E-state index in [-0.39, 0.29) is 30.5 Å². The maximum Gasteiger partial charge on any atom is 0.421 e. The lowest BCUT2D eigenvalue weighted by Gasteiger charge is -2.20. The van der Waals surface area contributed by atoms with E-state index in [9.17, 15) is 35.9 Å². The Hall–Kier alpha value is -3.32. The summed E-state index contributed by atoms with van der Waals surface area (Å²) in [6.07, 6.45) is -8.00. The maximum atomic E-state index is 12.9. The fourth-order valence-corrected chi connectivity index (χ4v) is 3.25. The molecule has 2 aromatic heterocycles. The molecule has 1 aliphatic rings. The number of likely N-dealkylation sites (tertiary alicyclic amines) is 1. The minimum atomic E-state index is -4.81. The zero-order valence-electron chi connectivity index (χ0n) is 17.1. The Balaban J connectivity index is 1.52. The molecule has 0 unspecified atom stereocenters. The van der Waals surface area contributed by atoms with Crippen LogP contribution in [0.25, 0.3) is 0 Å². The molecule has 1 fully saturated rings. The normalized spacial score (nSPS) is 17.7. The highest BCUT2D eigenvalue weighted by molar-refractivity contribution is 5.68. The van der Waals surface area contributed by atoms with E-state index in [2.05, 4.69) is 15.3 Å². The molecule has 2 atom stereocenters. The monoisotopic (exact) mass is 479 g/mol. The lowest BCUT2D eigenvalue weighted by molar-refractivity contribution is -0.139. The molecule has 0 aromatic carbocycles. The van der Waals surface area contributed by atoms with Gasteiger partial charge < -0.3 is 19.9 Å². The van der Waals surface area contributed by atoms with Crippen molar-refractivity contribution in [3.05, 3.63) is 51.7 Å². The highest BCUT2D eigenvalue weighted by atomic mass is 19.4. The van der Waals surface area contributed by atoms with Crippen LogP contribution in [0, 0.1) is 0 Å². The second kappa shape index (κ2) is 9.27. The molecule has 33 heavy (non-hydrogen) atoms. The topological polar surface area (TPSA) is 100 Å². The number of ether oxygens (including phenoxy) is 1. The van der Waals surface area contributed by atoms with E-state index in [0.29, 0.717) is 31.4 Å². The van der Waals surface area contributed by atoms with Crippen molar-refractivity contribution in [3.63, 3.8) is 0 Å². The van der Waals surface area contributed by atoms with Crippen molar-refractivity contribution in [3.8, 4) is 0 Å². The lowest BCUT2D eigenvalue weighted by atomic mass is 10.1. The van der Waals surface area contributed by atoms with Crippen LogP contribution in [0.2, 0.25) is 0 Å². The summed E-state index contributed by atoms with van der Waals surface area (Å²) in [7, 11) is 0. The van der Waals surface area contributed by atoms with Gasteiger partial charge in [0.15, 0.2) is 0 Å². The third kappa shape index (κ3) is 6.35. The highest BCUT2D eigenvalue weighted by Gasteiger charge is 2.35. The van der Waals surface area contributed by atoms with E-state index in [1.165, 1.54) is 11.8 Å². The van der Waals surface area contributed by atoms with Crippen molar-refractivity contribution in [2.75, 3.05) is 18.4 Å². The van der Waals surface area contributed by atoms with Gasteiger partial charge in [0.05, 0.1) is 5.56 Å². The number of H-pyrrole nitrogens is 1. The summed E-state index contributed by atoms with van der Waals surface area (Å²) in [5, 5.41) is 2.84. The van der Waals surface area contributed by atoms with Crippen LogP contribution in [-0.2, 0) is 23.5 Å². The van der Waals surface area contributed by atoms with Crippen LogP contribution < -0.4 is 10.9 Å². The molecule has 0 radical (unpaired) electrons. The first-order valence-corrected chi connectivity index (χ1v) is 9.73. The number of anilines is 1. The van der Waals surface area contributed by atoms with E-state index in [4.69, 9.17) is 4.74 Å². The van der Waals surface area contributed by atoms with Crippen LogP contribution in [0.4, 0.5) is 37.1 Å². The van der Waals surface area contributed by atoms with Gasteiger partial charge in [0, 0.05) is 44.1 Å². The van der Waals surface area contributed by atoms with Gasteiger partial charge in [0.25, 0.3) is 5.56 Å². The Kier molecular flexibility index (Phi) is 6.84. The van der Waals surface area contributed by atoms with Crippen LogP contribution in [0.3, 0.4) is 0 Å². The fraction of sp³-hybridized carbons (Fsp3) is 0.474. The summed E-state index contributed by atoms with van der Waals surface area (Å²) in [6.45, 7) is 1.96. The highest BCUT2D eigenvalue weighted by Crippen LogP contribution is 2.28. The predicted molar refractivity (Wildman–Crippen MR) is 102 cm³/mol. The van der Waals surface area contributed by atoms with E-state index < -0.39 is 41.2 Å². The van der Waals surface area contributed by atoms with Crippen molar-refractivity contribution in [1.82, 2.24) is 19.9 Å². The summed E-state index contributed by atoms with van der Waals surface area (Å²) in [5.41, 5.74) is -3.44. The molecular formula is C19H19F6N5O3. The summed E-state index contributed by atoms with van der Waals surface area (Å²) < 4.78 is 81.6. The molecule has 0 spiro atoms. The summed E-state index contributed by atoms with van der Waals surface area (Å²) in [4.78, 5) is 34.3. The molecule has 1 saturated heterocycles. The van der Waals surface area contributed by atoms with Gasteiger partial charge >= 0.3 is 18.4 Å². The number of aromatic nitrogens is 3. The smallest absolute Gasteiger partial charge is 0.421 e. The fourth-order valence-electron chi connectivity index (χ4n) is 3.25. The minimum absolute atomic E-state index is 0.0184. The molecule has 2 N–H and O–H groups in total. The first-order valence-electron chi connectivity index (χ1n) is 9.73. The molecule has 0 bridgehead atoms. The van der Waals surface area contributed by atoms with E-state index in [1.54, 1.807) is 0 Å². The third-order valence-corrected chi connectivity index (χ3v) is 4.85. The molecule has 1 aliphatic heterocycles. The third-order valence-electron chi connectivity index (χ3n) is 4.85. The summed E-state index contributed by atoms with van der Waals surface area (Å²) in [5.74, 6) is -0.0184. The molecule has 8 nitrogen and oxygen atoms in total. The average Bonchev–Trinajstić information content (AvgIpc) is 3.17. The number of pyridine rings is 1. The summed E-state index contributed by atoms with van der Waals surface area (Å²) >= 11 is 0. The van der Waals surface area contributed by atoms with E-state index in [1.807, 2.05) is 4.98 Å². The Bertz CT molecular complexity index is 1040. The average molecular weight is 479 g/mol. The van der Waals surface area contributed by atoms with E-state index in [0.717, 1.165) is 6.20 Å². The van der Waals surface area contributed by atoms with Crippen molar-refractivity contribution in [2.24, 2.45) is 0 Å². The largest absolute Gasteiger partial charge is 0.446 e. The van der Waals surface area contributed by atoms with Crippen molar-refractivity contribution in [2.45, 2.75) is 44.3 Å². The number of aromatic amines is 1. The molecular weight excluding hydrogens is 460 g/mol. The molecule has 0 saturated carbocycles. The van der Waals surface area contributed by atoms with Crippen molar-refractivity contribution < 1.29 is 35.9 Å². The SMILES string of the molecule is C[C@@H](Cc1c[nH]c(=O)c(C(F)(F)F)c1)OC(=O)N1CC[C@H](Nc2ncc(C(F)(F)F)cn2)C1. The Morgan fingerprint density at radius 3 is 2.52 bits per heavy atom. The van der Waals surface area contributed by atoms with Crippen molar-refractivity contribution in [1.29, 1.82) is 0 Å². The van der Waals surface area contributed by atoms with Gasteiger partial charge in [0.1, 0.15) is 11.7 Å². The number of halogens is 6. The number of nitrogens with zero attached hydrogens (tertiary/aromatic N) is 3. The number of hydrogen-bond donors (Lipinski definition) is 2. The van der Waals surface area contributed by atoms with Gasteiger partial charge in [-0.05, 0) is 25.0 Å². The van der Waals surface area contributed by atoms with Gasteiger partial charge in [0.2, 0.25) is 5.95 Å². The molecule has 3 rings (SSSR count). The number of alkyl halides is 6. The van der Waals surface area contributed by atoms with Crippen molar-refractivity contribution >= 4 is 12.0 Å². The molecule has 2 aromatic rings. The Morgan fingerprint density at radius 2 is 1.91 bits per heavy atom. The number of carbonyl (C=O) groups excluding carboxylic acids is 1. The zero-order chi connectivity index (χ0) is 24.4. The summed E-state index contributed by atoms with van der Waals surface area (Å²) in [6, 6.07) is 0.390. The lowest BCUT2D eigenvalue weighted by Crippen LogP contribution is -2.34. The van der Waals surface area contributed by atoms with Gasteiger partial charge in [-0.15, -0.1) is 0 Å². The van der Waals surface area contributed by atoms with Crippen LogP contribution in [0.15, 0.2) is 29.5 Å². The Morgan fingerprint density at radius 1 is 1.24 bits per heavy atom. The second-order valence-electron chi connectivity index (χ2n) is 7.52. The van der Waals surface area contributed by atoms with Gasteiger partial charge in [-0.2, -0.15) is 26.3 Å². The van der Waals surface area contributed by atoms with Gasteiger partial charge in [-0.25, -0.2) is 14.8 Å². The molecule has 1 amide bonds. The standard InChI is InChI=1S/C19H19F6N5O3/c1-10(4-11-5-14(19(23,24)25)15(31)26-6-11)33-17(32)30-3-2-13(9-30)29-16-27-7-12(8-28-16)18(20,21)22/h5-8,10,13H,2-4,9H2,1H3,(H,26,31)(H,27,28,29)/t10-,13-/m0/s1. The number of hydrogen-bond acceptors (Lipinski definition) is 6. The first kappa shape index (κ1) is 24.3. The second-order valence-corrected chi connectivity index (χ2v) is 7.52. The quantitative estimate of drug-likeness (QED) is 0.638. The van der Waals surface area contributed by atoms with Crippen LogP contribution in [0.1, 0.15) is 30.0 Å². The minimum Gasteiger partial charge on any atom is -0.446 e. The van der Waals surface area contributed by atoms with Crippen LogP contribution in [0.5, 0.6) is 0 Å². The molecule has 3 heterocycles. The molecule has 0 aliphatic carbocycles. The zero-order valence-corrected chi connectivity index (χ0v) is 17.1. The molecule has 180 valence electrons. The first-order chi connectivity index (χ1) is 15.3. The number of amides is 1.